The van der Waals surface area contributed by atoms with Crippen LogP contribution >= 0.6 is 0 Å². The fourth-order valence-electron chi connectivity index (χ4n) is 2.49. The highest BCUT2D eigenvalue weighted by Gasteiger charge is 2.18. The smallest absolute Gasteiger partial charge is 0.407 e. The van der Waals surface area contributed by atoms with E-state index in [1.807, 2.05) is 19.1 Å². The number of carbonyl (C=O) groups excluding carboxylic acids is 3. The molecule has 0 fully saturated rings. The first-order valence-electron chi connectivity index (χ1n) is 9.45. The van der Waals surface area contributed by atoms with Gasteiger partial charge >= 0.3 is 12.1 Å². The Hall–Kier alpha value is -2.97. The molecule has 0 aliphatic carbocycles. The van der Waals surface area contributed by atoms with Crippen LogP contribution in [-0.2, 0) is 19.1 Å². The summed E-state index contributed by atoms with van der Waals surface area (Å²) in [6.45, 7) is 7.69. The number of amides is 2. The molecule has 0 saturated heterocycles. The van der Waals surface area contributed by atoms with Gasteiger partial charge < -0.3 is 29.6 Å². The number of nitrogens with one attached hydrogen (secondary N) is 2. The largest absolute Gasteiger partial charge is 0.486 e. The van der Waals surface area contributed by atoms with Crippen molar-refractivity contribution >= 4 is 18.0 Å². The quantitative estimate of drug-likeness (QED) is 0.665. The van der Waals surface area contributed by atoms with Crippen molar-refractivity contribution in [2.24, 2.45) is 0 Å². The van der Waals surface area contributed by atoms with E-state index in [1.165, 1.54) is 0 Å². The Morgan fingerprint density at radius 1 is 1.14 bits per heavy atom. The first-order chi connectivity index (χ1) is 13.6. The van der Waals surface area contributed by atoms with E-state index in [0.717, 1.165) is 5.56 Å². The van der Waals surface area contributed by atoms with Gasteiger partial charge in [0.15, 0.2) is 18.1 Å². The molecule has 2 amide bonds. The summed E-state index contributed by atoms with van der Waals surface area (Å²) < 4.78 is 21.0. The number of ether oxygens (including phenoxy) is 4. The molecule has 0 aromatic heterocycles. The summed E-state index contributed by atoms with van der Waals surface area (Å²) in [6, 6.07) is 5.15. The Morgan fingerprint density at radius 3 is 2.52 bits per heavy atom. The van der Waals surface area contributed by atoms with Crippen molar-refractivity contribution < 1.29 is 33.3 Å². The highest BCUT2D eigenvalue weighted by atomic mass is 16.6. The molecule has 29 heavy (non-hydrogen) atoms. The first-order valence-corrected chi connectivity index (χ1v) is 9.45. The average Bonchev–Trinajstić information content (AvgIpc) is 2.64. The number of benzene rings is 1. The van der Waals surface area contributed by atoms with Crippen LogP contribution in [0.1, 0.15) is 45.7 Å². The number of esters is 1. The van der Waals surface area contributed by atoms with Crippen molar-refractivity contribution in [2.75, 3.05) is 26.4 Å². The lowest BCUT2D eigenvalue weighted by molar-refractivity contribution is -0.148. The van der Waals surface area contributed by atoms with Gasteiger partial charge in [-0.25, -0.2) is 4.79 Å². The van der Waals surface area contributed by atoms with Crippen LogP contribution in [0.25, 0.3) is 0 Å². The van der Waals surface area contributed by atoms with Gasteiger partial charge in [0.05, 0.1) is 12.5 Å². The molecule has 1 heterocycles. The highest BCUT2D eigenvalue weighted by molar-refractivity contribution is 5.81. The Morgan fingerprint density at radius 2 is 1.83 bits per heavy atom. The monoisotopic (exact) mass is 408 g/mol. The maximum atomic E-state index is 12.0. The molecule has 0 saturated carbocycles. The molecule has 160 valence electrons. The highest BCUT2D eigenvalue weighted by Crippen LogP contribution is 2.32. The van der Waals surface area contributed by atoms with Crippen LogP contribution < -0.4 is 20.1 Å². The van der Waals surface area contributed by atoms with Crippen molar-refractivity contribution in [1.29, 1.82) is 0 Å². The van der Waals surface area contributed by atoms with Crippen LogP contribution in [0.4, 0.5) is 4.79 Å². The lowest BCUT2D eigenvalue weighted by Crippen LogP contribution is -2.34. The number of alkyl carbamates (subject to hydrolysis) is 1. The van der Waals surface area contributed by atoms with Crippen LogP contribution in [0, 0.1) is 0 Å². The summed E-state index contributed by atoms with van der Waals surface area (Å²) in [4.78, 5) is 35.2. The normalized spacial score (nSPS) is 13.8. The zero-order chi connectivity index (χ0) is 21.4. The molecule has 2 rings (SSSR count). The second-order valence-electron chi connectivity index (χ2n) is 7.53. The zero-order valence-electron chi connectivity index (χ0n) is 17.2. The fraction of sp³-hybridized carbons (Fsp3) is 0.550. The molecule has 1 aliphatic heterocycles. The Kier molecular flexibility index (Phi) is 7.69. The number of fused-ring (bicyclic) bond motifs is 1. The maximum absolute atomic E-state index is 12.0. The topological polar surface area (TPSA) is 112 Å². The van der Waals surface area contributed by atoms with E-state index < -0.39 is 30.2 Å². The van der Waals surface area contributed by atoms with Gasteiger partial charge in [-0.15, -0.1) is 0 Å². The predicted molar refractivity (Wildman–Crippen MR) is 104 cm³/mol. The average molecular weight is 408 g/mol. The summed E-state index contributed by atoms with van der Waals surface area (Å²) in [5.74, 6) is 0.287. The van der Waals surface area contributed by atoms with E-state index in [-0.39, 0.29) is 19.0 Å². The molecule has 1 aromatic rings. The maximum Gasteiger partial charge on any atom is 0.407 e. The van der Waals surface area contributed by atoms with E-state index in [1.54, 1.807) is 26.8 Å². The lowest BCUT2D eigenvalue weighted by atomic mass is 10.1. The molecule has 1 atom stereocenters. The second-order valence-corrected chi connectivity index (χ2v) is 7.53. The summed E-state index contributed by atoms with van der Waals surface area (Å²) in [5.41, 5.74) is 0.229. The fourth-order valence-corrected chi connectivity index (χ4v) is 2.49. The molecule has 0 bridgehead atoms. The zero-order valence-corrected chi connectivity index (χ0v) is 17.2. The summed E-state index contributed by atoms with van der Waals surface area (Å²) >= 11 is 0. The van der Waals surface area contributed by atoms with E-state index >= 15 is 0 Å². The molecule has 9 heteroatoms. The van der Waals surface area contributed by atoms with Crippen LogP contribution in [0.3, 0.4) is 0 Å². The second kappa shape index (κ2) is 9.99. The molecule has 1 aliphatic rings. The molecular weight excluding hydrogens is 380 g/mol. The van der Waals surface area contributed by atoms with Crippen molar-refractivity contribution in [3.8, 4) is 11.5 Å². The first kappa shape index (κ1) is 22.3. The van der Waals surface area contributed by atoms with Gasteiger partial charge in [0.25, 0.3) is 5.91 Å². The van der Waals surface area contributed by atoms with Crippen LogP contribution in [0.2, 0.25) is 0 Å². The number of rotatable bonds is 7. The minimum atomic E-state index is -0.615. The minimum Gasteiger partial charge on any atom is -0.486 e. The number of carbonyl (C=O) groups is 3. The van der Waals surface area contributed by atoms with Gasteiger partial charge in [-0.3, -0.25) is 9.59 Å². The number of hydrogen-bond donors (Lipinski definition) is 2. The molecule has 2 N–H and O–H groups in total. The van der Waals surface area contributed by atoms with Crippen LogP contribution in [-0.4, -0.2) is 49.9 Å². The predicted octanol–water partition coefficient (Wildman–Crippen LogP) is 2.09. The third-order valence-electron chi connectivity index (χ3n) is 3.81. The van der Waals surface area contributed by atoms with Gasteiger partial charge in [0.1, 0.15) is 18.8 Å². The molecular formula is C20H28N2O7. The van der Waals surface area contributed by atoms with Crippen LogP contribution in [0.5, 0.6) is 11.5 Å². The van der Waals surface area contributed by atoms with E-state index in [9.17, 15) is 14.4 Å². The van der Waals surface area contributed by atoms with Crippen molar-refractivity contribution in [2.45, 2.75) is 45.8 Å². The molecule has 1 aromatic carbocycles. The van der Waals surface area contributed by atoms with Gasteiger partial charge in [-0.2, -0.15) is 0 Å². The van der Waals surface area contributed by atoms with E-state index in [0.29, 0.717) is 24.7 Å². The van der Waals surface area contributed by atoms with Gasteiger partial charge in [-0.1, -0.05) is 6.07 Å². The van der Waals surface area contributed by atoms with E-state index in [2.05, 4.69) is 10.6 Å². The third kappa shape index (κ3) is 7.89. The molecule has 0 spiro atoms. The number of hydrogen-bond acceptors (Lipinski definition) is 7. The van der Waals surface area contributed by atoms with Gasteiger partial charge in [0.2, 0.25) is 0 Å². The van der Waals surface area contributed by atoms with Crippen molar-refractivity contribution in [3.63, 3.8) is 0 Å². The Balaban J connectivity index is 1.68. The molecule has 9 nitrogen and oxygen atoms in total. The van der Waals surface area contributed by atoms with Gasteiger partial charge in [0, 0.05) is 6.54 Å². The SMILES string of the molecule is C[C@H](NC(=O)COC(=O)CCNC(=O)OC(C)(C)C)c1ccc2c(c1)OCCO2. The Labute approximate surface area is 170 Å². The minimum absolute atomic E-state index is 0.0585. The molecule has 0 radical (unpaired) electrons. The van der Waals surface area contributed by atoms with Crippen molar-refractivity contribution in [1.82, 2.24) is 10.6 Å². The van der Waals surface area contributed by atoms with Gasteiger partial charge in [-0.05, 0) is 45.4 Å². The summed E-state index contributed by atoms with van der Waals surface area (Å²) in [7, 11) is 0. The van der Waals surface area contributed by atoms with Crippen molar-refractivity contribution in [3.05, 3.63) is 23.8 Å². The van der Waals surface area contributed by atoms with E-state index in [4.69, 9.17) is 18.9 Å². The third-order valence-corrected chi connectivity index (χ3v) is 3.81. The summed E-state index contributed by atoms with van der Waals surface area (Å²) in [6.07, 6.45) is -0.680. The Bertz CT molecular complexity index is 743. The summed E-state index contributed by atoms with van der Waals surface area (Å²) in [5, 5.41) is 5.21. The molecule has 0 unspecified atom stereocenters. The standard InChI is InChI=1S/C20H28N2O7/c1-13(14-5-6-15-16(11-14)27-10-9-26-15)22-17(23)12-28-18(24)7-8-21-19(25)29-20(2,3)4/h5-6,11,13H,7-10,12H2,1-4H3,(H,21,25)(H,22,23)/t13-/m0/s1. The lowest BCUT2D eigenvalue weighted by Gasteiger charge is -2.21. The van der Waals surface area contributed by atoms with Crippen LogP contribution in [0.15, 0.2) is 18.2 Å².